The molecule has 17 heavy (non-hydrogen) atoms. The van der Waals surface area contributed by atoms with Gasteiger partial charge in [-0.3, -0.25) is 4.40 Å². The van der Waals surface area contributed by atoms with Crippen molar-refractivity contribution in [3.8, 4) is 0 Å². The number of carbonyl (C=O) groups is 1. The molecule has 7 heteroatoms. The van der Waals surface area contributed by atoms with E-state index in [1.54, 1.807) is 0 Å². The van der Waals surface area contributed by atoms with Gasteiger partial charge in [-0.2, -0.15) is 13.2 Å². The van der Waals surface area contributed by atoms with Gasteiger partial charge in [-0.25, -0.2) is 9.78 Å². The molecule has 2 rings (SSSR count). The Morgan fingerprint density at radius 2 is 2.12 bits per heavy atom. The predicted octanol–water partition coefficient (Wildman–Crippen LogP) is 2.36. The van der Waals surface area contributed by atoms with Crippen molar-refractivity contribution in [3.05, 3.63) is 35.4 Å². The van der Waals surface area contributed by atoms with Crippen molar-refractivity contribution in [2.45, 2.75) is 13.1 Å². The van der Waals surface area contributed by atoms with E-state index in [9.17, 15) is 18.0 Å². The van der Waals surface area contributed by atoms with Gasteiger partial charge in [0.05, 0.1) is 16.8 Å². The van der Waals surface area contributed by atoms with Gasteiger partial charge in [-0.05, 0) is 19.1 Å². The molecule has 2 aromatic heterocycles. The third kappa shape index (κ3) is 1.83. The summed E-state index contributed by atoms with van der Waals surface area (Å²) in [6, 6.07) is 2.27. The Bertz CT molecular complexity index is 601. The van der Waals surface area contributed by atoms with Gasteiger partial charge in [0.2, 0.25) is 5.82 Å². The molecule has 0 aliphatic carbocycles. The Kier molecular flexibility index (Phi) is 2.34. The molecule has 0 aromatic carbocycles. The van der Waals surface area contributed by atoms with Crippen molar-refractivity contribution in [2.24, 2.45) is 0 Å². The van der Waals surface area contributed by atoms with Crippen molar-refractivity contribution in [2.75, 3.05) is 0 Å². The highest BCUT2D eigenvalue weighted by atomic mass is 19.4. The third-order valence-corrected chi connectivity index (χ3v) is 2.33. The van der Waals surface area contributed by atoms with Gasteiger partial charge in [0.15, 0.2) is 0 Å². The third-order valence-electron chi connectivity index (χ3n) is 2.33. The van der Waals surface area contributed by atoms with E-state index in [0.717, 1.165) is 16.7 Å². The van der Waals surface area contributed by atoms with Crippen LogP contribution in [0.1, 0.15) is 21.9 Å². The fourth-order valence-electron chi connectivity index (χ4n) is 1.57. The summed E-state index contributed by atoms with van der Waals surface area (Å²) in [6.07, 6.45) is -3.51. The van der Waals surface area contributed by atoms with Gasteiger partial charge < -0.3 is 5.11 Å². The zero-order valence-corrected chi connectivity index (χ0v) is 8.62. The van der Waals surface area contributed by atoms with Crippen LogP contribution in [-0.4, -0.2) is 20.5 Å². The molecule has 4 nitrogen and oxygen atoms in total. The summed E-state index contributed by atoms with van der Waals surface area (Å²) < 4.78 is 38.6. The van der Waals surface area contributed by atoms with E-state index in [4.69, 9.17) is 5.11 Å². The normalized spacial score (nSPS) is 12.0. The number of pyridine rings is 1. The molecule has 0 aliphatic heterocycles. The molecule has 0 saturated carbocycles. The van der Waals surface area contributed by atoms with Gasteiger partial charge in [0.1, 0.15) is 0 Å². The number of alkyl halides is 3. The van der Waals surface area contributed by atoms with Crippen LogP contribution in [0.5, 0.6) is 0 Å². The molecule has 0 bridgehead atoms. The van der Waals surface area contributed by atoms with Crippen molar-refractivity contribution in [3.63, 3.8) is 0 Å². The SMILES string of the molecule is Cc1nc(C(F)(F)F)n2ccc(C(=O)O)cc12. The molecule has 0 saturated heterocycles. The summed E-state index contributed by atoms with van der Waals surface area (Å²) in [6.45, 7) is 1.40. The molecular formula is C10H7F3N2O2. The summed E-state index contributed by atoms with van der Waals surface area (Å²) in [5, 5.41) is 8.75. The Hall–Kier alpha value is -2.05. The Labute approximate surface area is 93.3 Å². The molecule has 0 amide bonds. The van der Waals surface area contributed by atoms with Gasteiger partial charge >= 0.3 is 12.1 Å². The molecule has 2 aromatic rings. The number of imidazole rings is 1. The van der Waals surface area contributed by atoms with Crippen LogP contribution in [0.25, 0.3) is 5.52 Å². The Balaban J connectivity index is 2.74. The minimum atomic E-state index is -4.57. The molecule has 1 N–H and O–H groups in total. The minimum absolute atomic E-state index is 0.0748. The van der Waals surface area contributed by atoms with Crippen molar-refractivity contribution < 1.29 is 23.1 Å². The van der Waals surface area contributed by atoms with Gasteiger partial charge in [0.25, 0.3) is 0 Å². The predicted molar refractivity (Wildman–Crippen MR) is 51.9 cm³/mol. The van der Waals surface area contributed by atoms with Crippen LogP contribution in [0.15, 0.2) is 18.3 Å². The van der Waals surface area contributed by atoms with E-state index in [0.29, 0.717) is 0 Å². The fraction of sp³-hybridized carbons (Fsp3) is 0.200. The maximum absolute atomic E-state index is 12.6. The lowest BCUT2D eigenvalue weighted by Crippen LogP contribution is -2.10. The van der Waals surface area contributed by atoms with Gasteiger partial charge in [-0.1, -0.05) is 0 Å². The monoisotopic (exact) mass is 244 g/mol. The number of carboxylic acids is 1. The van der Waals surface area contributed by atoms with Crippen LogP contribution < -0.4 is 0 Å². The number of aromatic carboxylic acids is 1. The molecule has 0 atom stereocenters. The molecule has 0 unspecified atom stereocenters. The van der Waals surface area contributed by atoms with Crippen molar-refractivity contribution in [1.29, 1.82) is 0 Å². The smallest absolute Gasteiger partial charge is 0.450 e. The number of aromatic nitrogens is 2. The van der Waals surface area contributed by atoms with E-state index in [1.165, 1.54) is 13.0 Å². The summed E-state index contributed by atoms with van der Waals surface area (Å²) in [5.41, 5.74) is 0.201. The standard InChI is InChI=1S/C10H7F3N2O2/c1-5-7-4-6(8(16)17)2-3-15(7)9(14-5)10(11,12)13/h2-4H,1H3,(H,16,17). The van der Waals surface area contributed by atoms with Crippen LogP contribution in [-0.2, 0) is 6.18 Å². The summed E-state index contributed by atoms with van der Waals surface area (Å²) in [4.78, 5) is 14.1. The van der Waals surface area contributed by atoms with E-state index in [2.05, 4.69) is 4.98 Å². The average Bonchev–Trinajstić information content (AvgIpc) is 2.55. The maximum Gasteiger partial charge on any atom is 0.450 e. The number of carboxylic acid groups (broad SMARTS) is 1. The van der Waals surface area contributed by atoms with E-state index < -0.39 is 18.0 Å². The molecular weight excluding hydrogens is 237 g/mol. The van der Waals surface area contributed by atoms with Gasteiger partial charge in [-0.15, -0.1) is 0 Å². The second kappa shape index (κ2) is 3.47. The lowest BCUT2D eigenvalue weighted by Gasteiger charge is -2.05. The molecule has 0 fully saturated rings. The minimum Gasteiger partial charge on any atom is -0.478 e. The summed E-state index contributed by atoms with van der Waals surface area (Å²) in [5.74, 6) is -2.25. The highest BCUT2D eigenvalue weighted by molar-refractivity contribution is 5.89. The number of hydrogen-bond donors (Lipinski definition) is 1. The maximum atomic E-state index is 12.6. The molecule has 2 heterocycles. The summed E-state index contributed by atoms with van der Waals surface area (Å²) >= 11 is 0. The topological polar surface area (TPSA) is 54.6 Å². The van der Waals surface area contributed by atoms with Crippen molar-refractivity contribution >= 4 is 11.5 Å². The summed E-state index contributed by atoms with van der Waals surface area (Å²) in [7, 11) is 0. The first-order valence-electron chi connectivity index (χ1n) is 4.60. The van der Waals surface area contributed by atoms with Crippen LogP contribution in [0.3, 0.4) is 0 Å². The number of nitrogens with zero attached hydrogens (tertiary/aromatic N) is 2. The second-order valence-corrected chi connectivity index (χ2v) is 3.49. The zero-order valence-electron chi connectivity index (χ0n) is 8.62. The van der Waals surface area contributed by atoms with E-state index in [1.807, 2.05) is 0 Å². The Morgan fingerprint density at radius 3 is 2.65 bits per heavy atom. The first kappa shape index (κ1) is 11.4. The first-order chi connectivity index (χ1) is 7.80. The van der Waals surface area contributed by atoms with Gasteiger partial charge in [0, 0.05) is 6.20 Å². The molecule has 90 valence electrons. The second-order valence-electron chi connectivity index (χ2n) is 3.49. The highest BCUT2D eigenvalue weighted by Gasteiger charge is 2.36. The highest BCUT2D eigenvalue weighted by Crippen LogP contribution is 2.30. The number of aryl methyl sites for hydroxylation is 1. The van der Waals surface area contributed by atoms with Crippen LogP contribution in [0.4, 0.5) is 13.2 Å². The molecule has 0 aliphatic rings. The molecule has 0 spiro atoms. The lowest BCUT2D eigenvalue weighted by atomic mass is 10.2. The number of halogens is 3. The van der Waals surface area contributed by atoms with Crippen LogP contribution >= 0.6 is 0 Å². The zero-order chi connectivity index (χ0) is 12.8. The van der Waals surface area contributed by atoms with E-state index >= 15 is 0 Å². The van der Waals surface area contributed by atoms with E-state index in [-0.39, 0.29) is 16.8 Å². The molecule has 0 radical (unpaired) electrons. The number of fused-ring (bicyclic) bond motifs is 1. The van der Waals surface area contributed by atoms with Crippen LogP contribution in [0.2, 0.25) is 0 Å². The van der Waals surface area contributed by atoms with Crippen LogP contribution in [0, 0.1) is 6.92 Å². The largest absolute Gasteiger partial charge is 0.478 e. The number of rotatable bonds is 1. The average molecular weight is 244 g/mol. The number of hydrogen-bond acceptors (Lipinski definition) is 2. The lowest BCUT2D eigenvalue weighted by molar-refractivity contribution is -0.145. The first-order valence-corrected chi connectivity index (χ1v) is 4.60. The Morgan fingerprint density at radius 1 is 1.47 bits per heavy atom. The fourth-order valence-corrected chi connectivity index (χ4v) is 1.57. The van der Waals surface area contributed by atoms with Crippen molar-refractivity contribution in [1.82, 2.24) is 9.38 Å². The quantitative estimate of drug-likeness (QED) is 0.837.